The number of ketones is 1. The van der Waals surface area contributed by atoms with E-state index in [4.69, 9.17) is 19.6 Å². The van der Waals surface area contributed by atoms with Crippen LogP contribution in [0.15, 0.2) is 0 Å². The van der Waals surface area contributed by atoms with E-state index < -0.39 is 15.2 Å². The van der Waals surface area contributed by atoms with Crippen molar-refractivity contribution in [2.45, 2.75) is 27.2 Å². The molecule has 0 aliphatic carbocycles. The van der Waals surface area contributed by atoms with Crippen LogP contribution in [0.1, 0.15) is 27.2 Å². The zero-order valence-corrected chi connectivity index (χ0v) is 13.5. The van der Waals surface area contributed by atoms with Crippen LogP contribution in [0.4, 0.5) is 0 Å². The summed E-state index contributed by atoms with van der Waals surface area (Å²) in [6.45, 7) is 6.99. The summed E-state index contributed by atoms with van der Waals surface area (Å²) in [5, 5.41) is 0. The molecule has 0 aromatic rings. The number of carbonyl (C=O) groups is 1. The second-order valence-electron chi connectivity index (χ2n) is 3.81. The number of hydrogen-bond acceptors (Lipinski definition) is 3. The molecule has 0 rings (SSSR count). The van der Waals surface area contributed by atoms with Crippen LogP contribution in [-0.2, 0) is 13.9 Å². The van der Waals surface area contributed by atoms with Crippen molar-refractivity contribution in [3.8, 4) is 11.8 Å². The van der Waals surface area contributed by atoms with Crippen molar-refractivity contribution in [1.29, 1.82) is 0 Å². The predicted octanol–water partition coefficient (Wildman–Crippen LogP) is 1.21. The van der Waals surface area contributed by atoms with Crippen molar-refractivity contribution in [3.63, 3.8) is 0 Å². The molecule has 0 spiro atoms. The topological polar surface area (TPSA) is 132 Å². The molecule has 1 unspecified atom stereocenters. The van der Waals surface area contributed by atoms with E-state index in [1.807, 2.05) is 6.92 Å². The maximum absolute atomic E-state index is 10.6. The van der Waals surface area contributed by atoms with Gasteiger partial charge < -0.3 is 19.6 Å². The van der Waals surface area contributed by atoms with Crippen molar-refractivity contribution in [2.24, 2.45) is 5.92 Å². The Labute approximate surface area is 113 Å². The van der Waals surface area contributed by atoms with Gasteiger partial charge in [-0.15, -0.1) is 11.8 Å². The third-order valence-electron chi connectivity index (χ3n) is 1.28. The molecule has 0 aromatic heterocycles. The van der Waals surface area contributed by atoms with E-state index in [-0.39, 0.29) is 11.7 Å². The van der Waals surface area contributed by atoms with Crippen LogP contribution < -0.4 is 0 Å². The van der Waals surface area contributed by atoms with Crippen LogP contribution in [0.25, 0.3) is 0 Å². The van der Waals surface area contributed by atoms with E-state index in [0.29, 0.717) is 6.42 Å². The largest absolute Gasteiger partial charge is 0.325 e. The lowest BCUT2D eigenvalue weighted by Gasteiger charge is -1.98. The molecule has 9 heteroatoms. The minimum atomic E-state index is -3.64. The second-order valence-corrected chi connectivity index (χ2v) is 7.15. The van der Waals surface area contributed by atoms with Crippen molar-refractivity contribution < 1.29 is 33.5 Å². The first-order valence-electron chi connectivity index (χ1n) is 5.14. The molecular weight excluding hydrogens is 294 g/mol. The summed E-state index contributed by atoms with van der Waals surface area (Å²) in [4.78, 5) is 41.1. The van der Waals surface area contributed by atoms with Gasteiger partial charge in [0.1, 0.15) is 5.78 Å². The van der Waals surface area contributed by atoms with Gasteiger partial charge in [0.25, 0.3) is 0 Å². The summed E-state index contributed by atoms with van der Waals surface area (Å²) in [5.41, 5.74) is 0. The smallest absolute Gasteiger partial charge is 0.322 e. The standard InChI is InChI=1S/C8H12O.2CH5O3P/c1-4-5-6-7(2)8(3)9;2*1-5(2,3)4/h7H,6H2,1-3H3;2*1H3,(H2,2,3,4). The van der Waals surface area contributed by atoms with Gasteiger partial charge in [0.05, 0.1) is 0 Å². The molecule has 0 aliphatic rings. The SMILES string of the molecule is CC#CCC(C)C(C)=O.CP(=O)(O)O.CP(=O)(O)O. The molecule has 0 aliphatic heterocycles. The second kappa shape index (κ2) is 11.4. The van der Waals surface area contributed by atoms with Crippen LogP contribution in [0.5, 0.6) is 0 Å². The van der Waals surface area contributed by atoms with Crippen LogP contribution in [-0.4, -0.2) is 38.7 Å². The first-order chi connectivity index (χ1) is 8.18. The number of Topliss-reactive ketones (excluding diaryl/α,β-unsaturated/α-hetero) is 1. The average Bonchev–Trinajstić information content (AvgIpc) is 2.08. The molecule has 0 aromatic carbocycles. The first kappa shape index (κ1) is 23.6. The van der Waals surface area contributed by atoms with Gasteiger partial charge in [-0.25, -0.2) is 0 Å². The van der Waals surface area contributed by atoms with Gasteiger partial charge in [-0.05, 0) is 13.8 Å². The lowest BCUT2D eigenvalue weighted by molar-refractivity contribution is -0.120. The molecule has 114 valence electrons. The molecule has 0 bridgehead atoms. The van der Waals surface area contributed by atoms with Gasteiger partial charge in [0, 0.05) is 25.7 Å². The van der Waals surface area contributed by atoms with E-state index in [1.165, 1.54) is 0 Å². The van der Waals surface area contributed by atoms with Crippen LogP contribution >= 0.6 is 15.2 Å². The van der Waals surface area contributed by atoms with Gasteiger partial charge in [0.15, 0.2) is 0 Å². The van der Waals surface area contributed by atoms with Crippen molar-refractivity contribution in [1.82, 2.24) is 0 Å². The molecule has 7 nitrogen and oxygen atoms in total. The molecule has 1 atom stereocenters. The highest BCUT2D eigenvalue weighted by Gasteiger charge is 2.03. The molecule has 0 saturated heterocycles. The molecule has 0 amide bonds. The Morgan fingerprint density at radius 2 is 1.37 bits per heavy atom. The third-order valence-corrected chi connectivity index (χ3v) is 1.28. The molecular formula is C10H22O7P2. The summed E-state index contributed by atoms with van der Waals surface area (Å²) in [7, 11) is -7.28. The Hall–Kier alpha value is -0.470. The molecule has 0 radical (unpaired) electrons. The van der Waals surface area contributed by atoms with E-state index in [2.05, 4.69) is 11.8 Å². The van der Waals surface area contributed by atoms with E-state index in [9.17, 15) is 13.9 Å². The minimum Gasteiger partial charge on any atom is -0.325 e. The lowest BCUT2D eigenvalue weighted by Crippen LogP contribution is -2.04. The highest BCUT2D eigenvalue weighted by molar-refractivity contribution is 7.51. The summed E-state index contributed by atoms with van der Waals surface area (Å²) >= 11 is 0. The average molecular weight is 316 g/mol. The minimum absolute atomic E-state index is 0.109. The van der Waals surface area contributed by atoms with Gasteiger partial charge in [-0.1, -0.05) is 6.92 Å². The fraction of sp³-hybridized carbons (Fsp3) is 0.700. The lowest BCUT2D eigenvalue weighted by atomic mass is 10.0. The Balaban J connectivity index is -0.000000219. The van der Waals surface area contributed by atoms with Crippen molar-refractivity contribution in [3.05, 3.63) is 0 Å². The Morgan fingerprint density at radius 3 is 1.53 bits per heavy atom. The van der Waals surface area contributed by atoms with Gasteiger partial charge in [0.2, 0.25) is 0 Å². The summed E-state index contributed by atoms with van der Waals surface area (Å²) in [6.07, 6.45) is 0.700. The number of rotatable bonds is 2. The van der Waals surface area contributed by atoms with Crippen LogP contribution in [0.2, 0.25) is 0 Å². The number of hydrogen-bond donors (Lipinski definition) is 4. The van der Waals surface area contributed by atoms with E-state index >= 15 is 0 Å². The van der Waals surface area contributed by atoms with Crippen LogP contribution in [0.3, 0.4) is 0 Å². The summed E-state index contributed by atoms with van der Waals surface area (Å²) in [5.74, 6) is 5.94. The Kier molecular flexibility index (Phi) is 14.1. The molecule has 0 heterocycles. The zero-order chi connectivity index (χ0) is 16.3. The van der Waals surface area contributed by atoms with E-state index in [1.54, 1.807) is 13.8 Å². The van der Waals surface area contributed by atoms with Gasteiger partial charge in [-0.3, -0.25) is 13.9 Å². The summed E-state index contributed by atoms with van der Waals surface area (Å²) in [6, 6.07) is 0. The maximum Gasteiger partial charge on any atom is 0.322 e. The quantitative estimate of drug-likeness (QED) is 0.444. The van der Waals surface area contributed by atoms with Crippen molar-refractivity contribution in [2.75, 3.05) is 13.3 Å². The van der Waals surface area contributed by atoms with Gasteiger partial charge in [-0.2, -0.15) is 0 Å². The maximum atomic E-state index is 10.6. The van der Waals surface area contributed by atoms with Gasteiger partial charge >= 0.3 is 15.2 Å². The molecule has 0 saturated carbocycles. The fourth-order valence-electron chi connectivity index (χ4n) is 0.399. The first-order valence-corrected chi connectivity index (χ1v) is 9.26. The third kappa shape index (κ3) is 74.6. The van der Waals surface area contributed by atoms with E-state index in [0.717, 1.165) is 13.3 Å². The monoisotopic (exact) mass is 316 g/mol. The predicted molar refractivity (Wildman–Crippen MR) is 73.8 cm³/mol. The fourth-order valence-corrected chi connectivity index (χ4v) is 0.399. The molecule has 19 heavy (non-hydrogen) atoms. The Morgan fingerprint density at radius 1 is 1.11 bits per heavy atom. The summed E-state index contributed by atoms with van der Waals surface area (Å²) < 4.78 is 18.7. The highest BCUT2D eigenvalue weighted by atomic mass is 31.2. The Bertz CT molecular complexity index is 359. The van der Waals surface area contributed by atoms with Crippen molar-refractivity contribution >= 4 is 21.0 Å². The normalized spacial score (nSPS) is 11.6. The molecule has 0 fully saturated rings. The number of carbonyl (C=O) groups excluding carboxylic acids is 1. The highest BCUT2D eigenvalue weighted by Crippen LogP contribution is 2.27. The van der Waals surface area contributed by atoms with Crippen LogP contribution in [0, 0.1) is 17.8 Å². The zero-order valence-electron chi connectivity index (χ0n) is 11.7. The molecule has 4 N–H and O–H groups in total.